The minimum Gasteiger partial charge on any atom is -0.385 e. The quantitative estimate of drug-likeness (QED) is 0.529. The minimum atomic E-state index is -1.06. The van der Waals surface area contributed by atoms with Gasteiger partial charge in [0.05, 0.1) is 25.1 Å². The first-order chi connectivity index (χ1) is 14.2. The van der Waals surface area contributed by atoms with Gasteiger partial charge in [-0.25, -0.2) is 4.39 Å². The number of hydrogen-bond acceptors (Lipinski definition) is 4. The van der Waals surface area contributed by atoms with Crippen molar-refractivity contribution in [1.29, 1.82) is 5.26 Å². The molecule has 4 fully saturated rings. The summed E-state index contributed by atoms with van der Waals surface area (Å²) in [4.78, 5) is 17.0. The first-order valence-electron chi connectivity index (χ1n) is 10.6. The van der Waals surface area contributed by atoms with Gasteiger partial charge in [-0.05, 0) is 74.5 Å². The highest BCUT2D eigenvalue weighted by Crippen LogP contribution is 2.60. The number of rotatable bonds is 7. The Morgan fingerprint density at radius 1 is 1.33 bits per heavy atom. The number of ether oxygens (including phenoxy) is 1. The van der Waals surface area contributed by atoms with Crippen molar-refractivity contribution in [1.82, 2.24) is 0 Å². The molecule has 4 aliphatic rings. The molecule has 0 spiro atoms. The Hall–Kier alpha value is -2.46. The van der Waals surface area contributed by atoms with Crippen LogP contribution in [0.4, 0.5) is 4.39 Å². The number of hydrogen-bond donors (Lipinski definition) is 2. The molecule has 0 aliphatic heterocycles. The average molecular weight is 413 g/mol. The van der Waals surface area contributed by atoms with Crippen molar-refractivity contribution in [2.75, 3.05) is 0 Å². The predicted molar refractivity (Wildman–Crippen MR) is 110 cm³/mol. The van der Waals surface area contributed by atoms with Crippen LogP contribution in [-0.2, 0) is 16.1 Å². The molecular formula is C23H29FN4O2. The number of benzene rings is 1. The summed E-state index contributed by atoms with van der Waals surface area (Å²) in [6, 6.07) is 8.34. The highest BCUT2D eigenvalue weighted by molar-refractivity contribution is 5.89. The molecule has 3 unspecified atom stereocenters. The maximum absolute atomic E-state index is 13.5. The van der Waals surface area contributed by atoms with Crippen molar-refractivity contribution in [3.05, 3.63) is 35.6 Å². The molecule has 0 saturated heterocycles. The first kappa shape index (κ1) is 20.8. The van der Waals surface area contributed by atoms with Crippen molar-refractivity contribution in [2.45, 2.75) is 63.7 Å². The molecule has 1 aromatic carbocycles. The Labute approximate surface area is 176 Å². The number of amidine groups is 1. The van der Waals surface area contributed by atoms with Crippen LogP contribution in [0.2, 0.25) is 0 Å². The fourth-order valence-electron chi connectivity index (χ4n) is 6.04. The molecule has 0 radical (unpaired) electrons. The summed E-state index contributed by atoms with van der Waals surface area (Å²) in [7, 11) is 0. The summed E-state index contributed by atoms with van der Waals surface area (Å²) >= 11 is 0. The third kappa shape index (κ3) is 3.69. The Kier molecular flexibility index (Phi) is 5.31. The maximum atomic E-state index is 13.5. The van der Waals surface area contributed by atoms with E-state index in [1.165, 1.54) is 12.1 Å². The Morgan fingerprint density at radius 2 is 2.03 bits per heavy atom. The third-order valence-electron chi connectivity index (χ3n) is 7.44. The van der Waals surface area contributed by atoms with Gasteiger partial charge in [0, 0.05) is 5.41 Å². The molecule has 5 rings (SSSR count). The number of aliphatic imine (C=N–C) groups is 1. The second kappa shape index (κ2) is 7.66. The van der Waals surface area contributed by atoms with Crippen molar-refractivity contribution in [2.24, 2.45) is 39.6 Å². The molecule has 1 amide bonds. The molecule has 4 saturated carbocycles. The summed E-state index contributed by atoms with van der Waals surface area (Å²) in [6.45, 7) is 1.89. The third-order valence-corrected chi connectivity index (χ3v) is 7.44. The number of nitriles is 1. The number of nitrogens with zero attached hydrogens (tertiary/aromatic N) is 2. The Bertz CT molecular complexity index is 895. The maximum Gasteiger partial charge on any atom is 0.223 e. The van der Waals surface area contributed by atoms with Crippen LogP contribution < -0.4 is 11.5 Å². The molecular weight excluding hydrogens is 383 g/mol. The molecule has 160 valence electrons. The van der Waals surface area contributed by atoms with E-state index in [9.17, 15) is 14.4 Å². The second-order valence-electron chi connectivity index (χ2n) is 9.60. The van der Waals surface area contributed by atoms with Crippen LogP contribution >= 0.6 is 0 Å². The normalized spacial score (nSPS) is 34.4. The van der Waals surface area contributed by atoms with Gasteiger partial charge in [0.1, 0.15) is 17.3 Å². The topological polar surface area (TPSA) is 114 Å². The number of carbonyl (C=O) groups excluding carboxylic acids is 1. The highest BCUT2D eigenvalue weighted by Gasteiger charge is 2.58. The zero-order valence-corrected chi connectivity index (χ0v) is 17.3. The average Bonchev–Trinajstić information content (AvgIpc) is 2.69. The van der Waals surface area contributed by atoms with Crippen LogP contribution in [0.3, 0.4) is 0 Å². The zero-order chi connectivity index (χ0) is 21.5. The van der Waals surface area contributed by atoms with Gasteiger partial charge in [0.15, 0.2) is 0 Å². The Balaban J connectivity index is 1.53. The van der Waals surface area contributed by atoms with E-state index in [1.807, 2.05) is 0 Å². The standard InChI is InChI=1S/C23H29FN4O2/c1-22(5-6-25,30-13-14-3-2-4-18(24)9-14)20(26)28-19-16-7-15-8-17(19)12-23(10-15,11-16)21(27)29/h2-4,9,15-17,19H,5,7-8,10-13H2,1H3,(H2,26,28)(H2,27,29). The number of primary amides is 1. The van der Waals surface area contributed by atoms with Crippen LogP contribution in [0.15, 0.2) is 29.3 Å². The van der Waals surface area contributed by atoms with Crippen LogP contribution in [0.1, 0.15) is 51.0 Å². The fraction of sp³-hybridized carbons (Fsp3) is 0.609. The summed E-state index contributed by atoms with van der Waals surface area (Å²) in [6.07, 6.45) is 4.60. The summed E-state index contributed by atoms with van der Waals surface area (Å²) in [5, 5.41) is 9.34. The SMILES string of the molecule is CC(CC#N)(OCc1cccc(F)c1)C(N)=NC1C2CC3CC1CC(C(N)=O)(C3)C2. The number of halogens is 1. The lowest BCUT2D eigenvalue weighted by molar-refractivity contribution is -0.144. The fourth-order valence-corrected chi connectivity index (χ4v) is 6.04. The second-order valence-corrected chi connectivity index (χ2v) is 9.60. The van der Waals surface area contributed by atoms with Crippen LogP contribution in [0.5, 0.6) is 0 Å². The highest BCUT2D eigenvalue weighted by atomic mass is 19.1. The van der Waals surface area contributed by atoms with Crippen LogP contribution in [0, 0.1) is 40.3 Å². The molecule has 0 heterocycles. The largest absolute Gasteiger partial charge is 0.385 e. The van der Waals surface area contributed by atoms with Gasteiger partial charge < -0.3 is 16.2 Å². The van der Waals surface area contributed by atoms with Gasteiger partial charge >= 0.3 is 0 Å². The molecule has 4 aliphatic carbocycles. The van der Waals surface area contributed by atoms with Gasteiger partial charge in [0.2, 0.25) is 5.91 Å². The molecule has 6 nitrogen and oxygen atoms in total. The molecule has 4 N–H and O–H groups in total. The minimum absolute atomic E-state index is 0.0322. The van der Waals surface area contributed by atoms with Crippen molar-refractivity contribution in [3.63, 3.8) is 0 Å². The van der Waals surface area contributed by atoms with Crippen molar-refractivity contribution >= 4 is 11.7 Å². The van der Waals surface area contributed by atoms with Gasteiger partial charge in [-0.2, -0.15) is 5.26 Å². The summed E-state index contributed by atoms with van der Waals surface area (Å²) in [5.41, 5.74) is 11.4. The summed E-state index contributed by atoms with van der Waals surface area (Å²) < 4.78 is 19.5. The van der Waals surface area contributed by atoms with Gasteiger partial charge in [-0.3, -0.25) is 9.79 Å². The predicted octanol–water partition coefficient (Wildman–Crippen LogP) is 3.05. The van der Waals surface area contributed by atoms with Crippen molar-refractivity contribution < 1.29 is 13.9 Å². The van der Waals surface area contributed by atoms with E-state index < -0.39 is 5.60 Å². The van der Waals surface area contributed by atoms with E-state index in [0.29, 0.717) is 17.3 Å². The monoisotopic (exact) mass is 412 g/mol. The van der Waals surface area contributed by atoms with Gasteiger partial charge in [-0.15, -0.1) is 0 Å². The van der Waals surface area contributed by atoms with Crippen LogP contribution in [-0.4, -0.2) is 23.4 Å². The lowest BCUT2D eigenvalue weighted by Gasteiger charge is -2.57. The van der Waals surface area contributed by atoms with E-state index in [1.54, 1.807) is 19.1 Å². The lowest BCUT2D eigenvalue weighted by atomic mass is 9.48. The van der Waals surface area contributed by atoms with Gasteiger partial charge in [-0.1, -0.05) is 12.1 Å². The van der Waals surface area contributed by atoms with Crippen LogP contribution in [0.25, 0.3) is 0 Å². The number of amides is 1. The van der Waals surface area contributed by atoms with E-state index >= 15 is 0 Å². The Morgan fingerprint density at radius 3 is 2.63 bits per heavy atom. The molecule has 30 heavy (non-hydrogen) atoms. The molecule has 1 aromatic rings. The molecule has 3 atom stereocenters. The summed E-state index contributed by atoms with van der Waals surface area (Å²) in [5.74, 6) is 0.902. The van der Waals surface area contributed by atoms with E-state index in [4.69, 9.17) is 21.2 Å². The van der Waals surface area contributed by atoms with E-state index in [0.717, 1.165) is 32.1 Å². The van der Waals surface area contributed by atoms with Gasteiger partial charge in [0.25, 0.3) is 0 Å². The smallest absolute Gasteiger partial charge is 0.223 e. The molecule has 0 aromatic heterocycles. The number of carbonyl (C=O) groups is 1. The zero-order valence-electron chi connectivity index (χ0n) is 17.3. The lowest BCUT2D eigenvalue weighted by Crippen LogP contribution is -2.58. The number of nitrogens with two attached hydrogens (primary N) is 2. The van der Waals surface area contributed by atoms with Crippen molar-refractivity contribution in [3.8, 4) is 6.07 Å². The first-order valence-corrected chi connectivity index (χ1v) is 10.6. The molecule has 7 heteroatoms. The van der Waals surface area contributed by atoms with E-state index in [-0.39, 0.29) is 48.0 Å². The molecule has 4 bridgehead atoms. The van der Waals surface area contributed by atoms with E-state index in [2.05, 4.69) is 6.07 Å².